The molecular weight excluding hydrogens is 469 g/mol. The third-order valence-electron chi connectivity index (χ3n) is 5.48. The number of benzene rings is 2. The molecule has 1 heterocycles. The van der Waals surface area contributed by atoms with Crippen LogP contribution in [-0.4, -0.2) is 49.0 Å². The Morgan fingerprint density at radius 3 is 2.42 bits per heavy atom. The highest BCUT2D eigenvalue weighted by atomic mass is 35.5. The number of allylic oxidation sites excluding steroid dienone is 1. The molecule has 0 aliphatic heterocycles. The van der Waals surface area contributed by atoms with Gasteiger partial charge in [-0.05, 0) is 61.4 Å². The van der Waals surface area contributed by atoms with E-state index in [2.05, 4.69) is 0 Å². The fourth-order valence-electron chi connectivity index (χ4n) is 3.74. The summed E-state index contributed by atoms with van der Waals surface area (Å²) in [5.74, 6) is -1.50. The average Bonchev–Trinajstić information content (AvgIpc) is 2.99. The maximum atomic E-state index is 14.4. The molecule has 0 fully saturated rings. The van der Waals surface area contributed by atoms with Crippen LogP contribution in [-0.2, 0) is 16.6 Å². The van der Waals surface area contributed by atoms with Crippen molar-refractivity contribution >= 4 is 39.3 Å². The summed E-state index contributed by atoms with van der Waals surface area (Å²) in [5, 5.41) is 10.1. The van der Waals surface area contributed by atoms with Gasteiger partial charge in [0, 0.05) is 42.8 Å². The van der Waals surface area contributed by atoms with Gasteiger partial charge in [-0.25, -0.2) is 21.9 Å². The van der Waals surface area contributed by atoms with Crippen LogP contribution in [0.4, 0.5) is 4.39 Å². The van der Waals surface area contributed by atoms with E-state index in [4.69, 9.17) is 5.73 Å². The lowest BCUT2D eigenvalue weighted by Crippen LogP contribution is -2.22. The van der Waals surface area contributed by atoms with Crippen LogP contribution in [0.3, 0.4) is 0 Å². The monoisotopic (exact) mass is 495 g/mol. The van der Waals surface area contributed by atoms with E-state index < -0.39 is 21.8 Å². The number of carbonyl (C=O) groups is 1. The Kier molecular flexibility index (Phi) is 8.08. The summed E-state index contributed by atoms with van der Waals surface area (Å²) in [6.07, 6.45) is 1.28. The summed E-state index contributed by atoms with van der Waals surface area (Å²) in [4.78, 5) is 11.7. The molecule has 1 aromatic heterocycles. The van der Waals surface area contributed by atoms with Crippen LogP contribution in [0.15, 0.2) is 53.2 Å². The first kappa shape index (κ1) is 26.5. The van der Waals surface area contributed by atoms with Gasteiger partial charge in [-0.15, -0.1) is 12.4 Å². The quantitative estimate of drug-likeness (QED) is 0.513. The summed E-state index contributed by atoms with van der Waals surface area (Å²) in [5.41, 5.74) is 8.96. The Hall–Kier alpha value is -2.72. The Morgan fingerprint density at radius 2 is 1.85 bits per heavy atom. The van der Waals surface area contributed by atoms with Crippen molar-refractivity contribution in [3.8, 4) is 11.1 Å². The van der Waals surface area contributed by atoms with Gasteiger partial charge in [0.25, 0.3) is 0 Å². The Balaban J connectivity index is 0.00000385. The van der Waals surface area contributed by atoms with E-state index in [0.717, 1.165) is 9.87 Å². The highest BCUT2D eigenvalue weighted by Crippen LogP contribution is 2.38. The lowest BCUT2D eigenvalue weighted by Gasteiger charge is -2.14. The van der Waals surface area contributed by atoms with E-state index in [9.17, 15) is 22.7 Å². The number of aromatic nitrogens is 1. The van der Waals surface area contributed by atoms with Crippen molar-refractivity contribution in [1.82, 2.24) is 8.87 Å². The Morgan fingerprint density at radius 1 is 1.18 bits per heavy atom. The number of aromatic carboxylic acids is 1. The predicted molar refractivity (Wildman–Crippen MR) is 130 cm³/mol. The number of sulfonamides is 1. The number of rotatable bonds is 7. The van der Waals surface area contributed by atoms with E-state index in [1.807, 2.05) is 6.92 Å². The summed E-state index contributed by atoms with van der Waals surface area (Å²) < 4.78 is 42.7. The second-order valence-electron chi connectivity index (χ2n) is 7.73. The fourth-order valence-corrected chi connectivity index (χ4v) is 4.67. The number of aryl methyl sites for hydroxylation is 1. The molecule has 3 rings (SSSR count). The van der Waals surface area contributed by atoms with Gasteiger partial charge in [-0.1, -0.05) is 6.07 Å². The molecule has 178 valence electrons. The molecule has 0 bridgehead atoms. The van der Waals surface area contributed by atoms with Crippen molar-refractivity contribution in [3.05, 3.63) is 65.1 Å². The van der Waals surface area contributed by atoms with E-state index in [0.29, 0.717) is 27.7 Å². The van der Waals surface area contributed by atoms with Crippen LogP contribution in [0.5, 0.6) is 0 Å². The molecule has 2 aromatic carbocycles. The Labute approximate surface area is 198 Å². The molecular formula is C23H27ClFN3O4S. The minimum atomic E-state index is -3.68. The van der Waals surface area contributed by atoms with Gasteiger partial charge in [-0.2, -0.15) is 0 Å². The molecule has 0 aliphatic carbocycles. The average molecular weight is 496 g/mol. The molecule has 3 N–H and O–H groups in total. The number of halogens is 2. The number of nitrogens with zero attached hydrogens (tertiary/aromatic N) is 2. The highest BCUT2D eigenvalue weighted by Gasteiger charge is 2.23. The number of fused-ring (bicyclic) bond motifs is 1. The van der Waals surface area contributed by atoms with Crippen molar-refractivity contribution in [2.45, 2.75) is 25.3 Å². The van der Waals surface area contributed by atoms with Gasteiger partial charge in [0.15, 0.2) is 0 Å². The molecule has 33 heavy (non-hydrogen) atoms. The third kappa shape index (κ3) is 4.96. The van der Waals surface area contributed by atoms with Gasteiger partial charge in [0.2, 0.25) is 10.0 Å². The van der Waals surface area contributed by atoms with Crippen LogP contribution < -0.4 is 5.73 Å². The zero-order chi connectivity index (χ0) is 23.8. The standard InChI is InChI=1S/C23H26FN3O4S.ClH/c1-14-5-7-18(32(30,31)26(3)4)12-19(14)22-15(2)27(13-17(24)9-10-25)21-8-6-16(23(28)29)11-20(21)22;/h5-9,11-12H,10,13,25H2,1-4H3,(H,28,29);1H/b17-9-;. The lowest BCUT2D eigenvalue weighted by molar-refractivity contribution is 0.0697. The van der Waals surface area contributed by atoms with Crippen molar-refractivity contribution in [2.24, 2.45) is 5.73 Å². The summed E-state index contributed by atoms with van der Waals surface area (Å²) in [6.45, 7) is 3.64. The van der Waals surface area contributed by atoms with E-state index in [1.165, 1.54) is 38.4 Å². The van der Waals surface area contributed by atoms with Crippen molar-refractivity contribution in [1.29, 1.82) is 0 Å². The molecule has 0 atom stereocenters. The zero-order valence-corrected chi connectivity index (χ0v) is 20.4. The minimum Gasteiger partial charge on any atom is -0.478 e. The first-order valence-electron chi connectivity index (χ1n) is 9.93. The maximum Gasteiger partial charge on any atom is 0.335 e. The first-order chi connectivity index (χ1) is 15.0. The number of nitrogens with two attached hydrogens (primary N) is 1. The van der Waals surface area contributed by atoms with Gasteiger partial charge in [0.1, 0.15) is 5.83 Å². The normalized spacial score (nSPS) is 12.3. The molecule has 3 aromatic rings. The number of hydrogen-bond donors (Lipinski definition) is 2. The van der Waals surface area contributed by atoms with Gasteiger partial charge in [0.05, 0.1) is 17.0 Å². The molecule has 7 nitrogen and oxygen atoms in total. The summed E-state index contributed by atoms with van der Waals surface area (Å²) in [7, 11) is -0.770. The van der Waals surface area contributed by atoms with Crippen molar-refractivity contribution < 1.29 is 22.7 Å². The molecule has 10 heteroatoms. The molecule has 0 saturated carbocycles. The maximum absolute atomic E-state index is 14.4. The largest absolute Gasteiger partial charge is 0.478 e. The van der Waals surface area contributed by atoms with Crippen LogP contribution in [0, 0.1) is 13.8 Å². The van der Waals surface area contributed by atoms with Crippen LogP contribution >= 0.6 is 12.4 Å². The van der Waals surface area contributed by atoms with Gasteiger partial charge >= 0.3 is 5.97 Å². The predicted octanol–water partition coefficient (Wildman–Crippen LogP) is 4.11. The number of carboxylic acids is 1. The second-order valence-corrected chi connectivity index (χ2v) is 9.89. The molecule has 0 unspecified atom stereocenters. The van der Waals surface area contributed by atoms with E-state index >= 15 is 0 Å². The van der Waals surface area contributed by atoms with E-state index in [1.54, 1.807) is 29.7 Å². The van der Waals surface area contributed by atoms with Crippen LogP contribution in [0.25, 0.3) is 22.0 Å². The first-order valence-corrected chi connectivity index (χ1v) is 11.4. The molecule has 0 amide bonds. The summed E-state index contributed by atoms with van der Waals surface area (Å²) >= 11 is 0. The fraction of sp³-hybridized carbons (Fsp3) is 0.261. The molecule has 0 radical (unpaired) electrons. The van der Waals surface area contributed by atoms with Crippen LogP contribution in [0.2, 0.25) is 0 Å². The van der Waals surface area contributed by atoms with Gasteiger partial charge in [-0.3, -0.25) is 0 Å². The summed E-state index contributed by atoms with van der Waals surface area (Å²) in [6, 6.07) is 9.47. The Bertz CT molecular complexity index is 1350. The van der Waals surface area contributed by atoms with Crippen LogP contribution in [0.1, 0.15) is 21.6 Å². The number of hydrogen-bond acceptors (Lipinski definition) is 4. The SMILES string of the molecule is Cc1ccc(S(=O)(=O)N(C)C)cc1-c1c(C)n(C/C(F)=C/CN)c2ccc(C(=O)O)cc12.Cl. The number of carboxylic acid groups (broad SMARTS) is 1. The zero-order valence-electron chi connectivity index (χ0n) is 18.8. The molecule has 0 spiro atoms. The van der Waals surface area contributed by atoms with E-state index in [-0.39, 0.29) is 36.0 Å². The lowest BCUT2D eigenvalue weighted by atomic mass is 9.97. The van der Waals surface area contributed by atoms with Crippen molar-refractivity contribution in [2.75, 3.05) is 20.6 Å². The minimum absolute atomic E-state index is 0. The smallest absolute Gasteiger partial charge is 0.335 e. The molecule has 0 saturated heterocycles. The third-order valence-corrected chi connectivity index (χ3v) is 7.29. The van der Waals surface area contributed by atoms with Crippen molar-refractivity contribution in [3.63, 3.8) is 0 Å². The topological polar surface area (TPSA) is 106 Å². The molecule has 0 aliphatic rings. The van der Waals surface area contributed by atoms with Gasteiger partial charge < -0.3 is 15.4 Å². The highest BCUT2D eigenvalue weighted by molar-refractivity contribution is 7.89. The second kappa shape index (κ2) is 10.0.